The summed E-state index contributed by atoms with van der Waals surface area (Å²) in [5, 5.41) is -0.265. The molecular formula is C10H6ClF3N4O. The van der Waals surface area contributed by atoms with Gasteiger partial charge in [-0.05, 0) is 17.7 Å². The summed E-state index contributed by atoms with van der Waals surface area (Å²) in [6.07, 6.45) is -2.51. The average Bonchev–Trinajstić information content (AvgIpc) is 2.37. The molecule has 2 aromatic heterocycles. The third kappa shape index (κ3) is 2.90. The smallest absolute Gasteiger partial charge is 0.417 e. The second-order valence-electron chi connectivity index (χ2n) is 3.33. The number of aromatic nitrogens is 4. The van der Waals surface area contributed by atoms with E-state index in [1.165, 1.54) is 7.11 Å². The molecule has 2 rings (SSSR count). The Balaban J connectivity index is 2.62. The standard InChI is InChI=1S/C10H6ClF3N4O/c1-19-9-17-7(16-8(11)18-9)5-4-15-3-2-6(5)10(12,13)14/h2-4H,1H3. The molecule has 2 aromatic rings. The lowest BCUT2D eigenvalue weighted by Gasteiger charge is -2.11. The summed E-state index contributed by atoms with van der Waals surface area (Å²) in [5.41, 5.74) is -1.20. The Morgan fingerprint density at radius 2 is 1.95 bits per heavy atom. The van der Waals surface area contributed by atoms with Crippen LogP contribution in [-0.2, 0) is 6.18 Å². The number of nitrogens with zero attached hydrogens (tertiary/aromatic N) is 4. The molecule has 0 aliphatic rings. The molecule has 0 saturated carbocycles. The van der Waals surface area contributed by atoms with Gasteiger partial charge in [-0.3, -0.25) is 4.98 Å². The molecule has 9 heteroatoms. The number of pyridine rings is 1. The van der Waals surface area contributed by atoms with E-state index in [1.54, 1.807) is 0 Å². The minimum Gasteiger partial charge on any atom is -0.467 e. The Hall–Kier alpha value is -1.96. The first-order valence-corrected chi connectivity index (χ1v) is 5.26. The van der Waals surface area contributed by atoms with Gasteiger partial charge in [0.2, 0.25) is 5.28 Å². The molecule has 0 bridgehead atoms. The van der Waals surface area contributed by atoms with Crippen LogP contribution in [0, 0.1) is 0 Å². The van der Waals surface area contributed by atoms with Crippen molar-refractivity contribution in [3.63, 3.8) is 0 Å². The molecule has 0 N–H and O–H groups in total. The van der Waals surface area contributed by atoms with Crippen molar-refractivity contribution in [3.05, 3.63) is 29.3 Å². The molecule has 0 saturated heterocycles. The Kier molecular flexibility index (Phi) is 3.52. The zero-order valence-corrected chi connectivity index (χ0v) is 10.2. The van der Waals surface area contributed by atoms with E-state index >= 15 is 0 Å². The summed E-state index contributed by atoms with van der Waals surface area (Å²) in [5.74, 6) is -0.253. The van der Waals surface area contributed by atoms with E-state index in [1.807, 2.05) is 0 Å². The number of hydrogen-bond acceptors (Lipinski definition) is 5. The molecule has 2 heterocycles. The SMILES string of the molecule is COc1nc(Cl)nc(-c2cnccc2C(F)(F)F)n1. The molecule has 0 aliphatic heterocycles. The molecule has 0 radical (unpaired) electrons. The maximum atomic E-state index is 12.9. The van der Waals surface area contributed by atoms with Gasteiger partial charge in [-0.15, -0.1) is 0 Å². The van der Waals surface area contributed by atoms with Gasteiger partial charge in [-0.25, -0.2) is 0 Å². The molecule has 0 spiro atoms. The van der Waals surface area contributed by atoms with E-state index in [0.717, 1.165) is 18.5 Å². The first-order chi connectivity index (χ1) is 8.91. The molecule has 0 fully saturated rings. The maximum Gasteiger partial charge on any atom is 0.417 e. The van der Waals surface area contributed by atoms with Crippen LogP contribution in [0.4, 0.5) is 13.2 Å². The van der Waals surface area contributed by atoms with Crippen LogP contribution in [0.5, 0.6) is 6.01 Å². The molecule has 0 amide bonds. The first kappa shape index (κ1) is 13.5. The third-order valence-corrected chi connectivity index (χ3v) is 2.31. The minimum absolute atomic E-state index is 0.174. The highest BCUT2D eigenvalue weighted by Crippen LogP contribution is 2.35. The molecule has 0 aliphatic carbocycles. The van der Waals surface area contributed by atoms with E-state index in [9.17, 15) is 13.2 Å². The zero-order valence-electron chi connectivity index (χ0n) is 9.44. The molecule has 5 nitrogen and oxygen atoms in total. The van der Waals surface area contributed by atoms with Gasteiger partial charge in [-0.2, -0.15) is 28.1 Å². The third-order valence-electron chi connectivity index (χ3n) is 2.14. The van der Waals surface area contributed by atoms with Crippen LogP contribution < -0.4 is 4.74 Å². The summed E-state index contributed by atoms with van der Waals surface area (Å²) in [6.45, 7) is 0. The number of alkyl halides is 3. The largest absolute Gasteiger partial charge is 0.467 e. The minimum atomic E-state index is -4.55. The van der Waals surface area contributed by atoms with E-state index in [0.29, 0.717) is 0 Å². The van der Waals surface area contributed by atoms with Gasteiger partial charge < -0.3 is 4.74 Å². The van der Waals surface area contributed by atoms with E-state index in [4.69, 9.17) is 16.3 Å². The van der Waals surface area contributed by atoms with Crippen molar-refractivity contribution in [2.24, 2.45) is 0 Å². The predicted molar refractivity (Wildman–Crippen MR) is 59.6 cm³/mol. The molecule has 0 unspecified atom stereocenters. The quantitative estimate of drug-likeness (QED) is 0.851. The van der Waals surface area contributed by atoms with Crippen molar-refractivity contribution < 1.29 is 17.9 Å². The summed E-state index contributed by atoms with van der Waals surface area (Å²) >= 11 is 5.60. The molecule has 0 atom stereocenters. The van der Waals surface area contributed by atoms with Gasteiger partial charge in [0.25, 0.3) is 0 Å². The number of methoxy groups -OCH3 is 1. The van der Waals surface area contributed by atoms with Crippen molar-refractivity contribution in [1.82, 2.24) is 19.9 Å². The zero-order chi connectivity index (χ0) is 14.0. The van der Waals surface area contributed by atoms with Gasteiger partial charge >= 0.3 is 12.2 Å². The van der Waals surface area contributed by atoms with E-state index < -0.39 is 11.7 Å². The fourth-order valence-electron chi connectivity index (χ4n) is 1.36. The number of halogens is 4. The van der Waals surface area contributed by atoms with Gasteiger partial charge in [0.15, 0.2) is 5.82 Å². The highest BCUT2D eigenvalue weighted by atomic mass is 35.5. The van der Waals surface area contributed by atoms with Crippen LogP contribution in [-0.4, -0.2) is 27.0 Å². The van der Waals surface area contributed by atoms with Crippen LogP contribution in [0.15, 0.2) is 18.5 Å². The van der Waals surface area contributed by atoms with E-state index in [2.05, 4.69) is 19.9 Å². The van der Waals surface area contributed by atoms with Gasteiger partial charge in [-0.1, -0.05) is 0 Å². The van der Waals surface area contributed by atoms with Crippen molar-refractivity contribution in [3.8, 4) is 17.4 Å². The lowest BCUT2D eigenvalue weighted by atomic mass is 10.1. The summed E-state index contributed by atoms with van der Waals surface area (Å²) in [4.78, 5) is 14.6. The predicted octanol–water partition coefficient (Wildman–Crippen LogP) is 2.61. The van der Waals surface area contributed by atoms with E-state index in [-0.39, 0.29) is 22.7 Å². The second-order valence-corrected chi connectivity index (χ2v) is 3.67. The summed E-state index contributed by atoms with van der Waals surface area (Å²) in [6, 6.07) is 0.659. The van der Waals surface area contributed by atoms with Crippen LogP contribution in [0.2, 0.25) is 5.28 Å². The van der Waals surface area contributed by atoms with Crippen molar-refractivity contribution in [2.45, 2.75) is 6.18 Å². The Labute approximate surface area is 110 Å². The van der Waals surface area contributed by atoms with Crippen molar-refractivity contribution >= 4 is 11.6 Å². The highest BCUT2D eigenvalue weighted by molar-refractivity contribution is 6.28. The van der Waals surface area contributed by atoms with Gasteiger partial charge in [0.1, 0.15) is 0 Å². The molecule has 100 valence electrons. The molecule has 0 aromatic carbocycles. The van der Waals surface area contributed by atoms with Gasteiger partial charge in [0.05, 0.1) is 18.2 Å². The summed E-state index contributed by atoms with van der Waals surface area (Å²) in [7, 11) is 1.27. The lowest BCUT2D eigenvalue weighted by Crippen LogP contribution is -2.09. The fourth-order valence-corrected chi connectivity index (χ4v) is 1.52. The Bertz CT molecular complexity index is 606. The lowest BCUT2D eigenvalue weighted by molar-refractivity contribution is -0.137. The Morgan fingerprint density at radius 3 is 2.58 bits per heavy atom. The molecule has 19 heavy (non-hydrogen) atoms. The first-order valence-electron chi connectivity index (χ1n) is 4.89. The van der Waals surface area contributed by atoms with Crippen molar-refractivity contribution in [2.75, 3.05) is 7.11 Å². The second kappa shape index (κ2) is 4.96. The average molecular weight is 291 g/mol. The monoisotopic (exact) mass is 290 g/mol. The van der Waals surface area contributed by atoms with Crippen LogP contribution in [0.25, 0.3) is 11.4 Å². The maximum absolute atomic E-state index is 12.9. The normalized spacial score (nSPS) is 11.4. The summed E-state index contributed by atoms with van der Waals surface area (Å²) < 4.78 is 43.3. The van der Waals surface area contributed by atoms with Gasteiger partial charge in [0, 0.05) is 12.4 Å². The highest BCUT2D eigenvalue weighted by Gasteiger charge is 2.34. The Morgan fingerprint density at radius 1 is 1.21 bits per heavy atom. The fraction of sp³-hybridized carbons (Fsp3) is 0.200. The van der Waals surface area contributed by atoms with Crippen molar-refractivity contribution in [1.29, 1.82) is 0 Å². The van der Waals surface area contributed by atoms with Crippen LogP contribution >= 0.6 is 11.6 Å². The number of rotatable bonds is 2. The number of ether oxygens (including phenoxy) is 1. The molecular weight excluding hydrogens is 285 g/mol. The number of hydrogen-bond donors (Lipinski definition) is 0. The topological polar surface area (TPSA) is 60.8 Å². The van der Waals surface area contributed by atoms with Crippen LogP contribution in [0.1, 0.15) is 5.56 Å². The van der Waals surface area contributed by atoms with Crippen LogP contribution in [0.3, 0.4) is 0 Å².